The van der Waals surface area contributed by atoms with E-state index in [1.165, 1.54) is 0 Å². The average Bonchev–Trinajstić information content (AvgIpc) is 2.74. The third-order valence-electron chi connectivity index (χ3n) is 4.21. The number of methoxy groups -OCH3 is 1. The molecule has 0 saturated heterocycles. The molecule has 0 aliphatic heterocycles. The van der Waals surface area contributed by atoms with Gasteiger partial charge in [-0.2, -0.15) is 0 Å². The first-order valence-corrected chi connectivity index (χ1v) is 9.86. The molecule has 30 heavy (non-hydrogen) atoms. The molecule has 0 unspecified atom stereocenters. The van der Waals surface area contributed by atoms with Gasteiger partial charge >= 0.3 is 0 Å². The summed E-state index contributed by atoms with van der Waals surface area (Å²) in [6.07, 6.45) is 1.70. The Hall–Kier alpha value is -3.02. The Labute approximate surface area is 185 Å². The number of halogens is 2. The molecule has 0 aliphatic carbocycles. The monoisotopic (exact) mass is 442 g/mol. The summed E-state index contributed by atoms with van der Waals surface area (Å²) in [7, 11) is 1.62. The van der Waals surface area contributed by atoms with Crippen molar-refractivity contribution in [3.63, 3.8) is 0 Å². The Morgan fingerprint density at radius 3 is 2.47 bits per heavy atom. The second kappa shape index (κ2) is 10.1. The molecule has 0 heterocycles. The molecule has 0 bridgehead atoms. The molecule has 1 N–H and O–H groups in total. The number of amides is 1. The van der Waals surface area contributed by atoms with Gasteiger partial charge in [-0.15, -0.1) is 0 Å². The molecule has 0 radical (unpaired) electrons. The summed E-state index contributed by atoms with van der Waals surface area (Å²) in [4.78, 5) is 16.5. The van der Waals surface area contributed by atoms with E-state index in [1.807, 2.05) is 43.3 Å². The fourth-order valence-electron chi connectivity index (χ4n) is 2.54. The van der Waals surface area contributed by atoms with Crippen LogP contribution < -0.4 is 14.8 Å². The molecule has 3 aromatic rings. The lowest BCUT2D eigenvalue weighted by atomic mass is 10.2. The van der Waals surface area contributed by atoms with E-state index in [4.69, 9.17) is 32.7 Å². The number of carbonyl (C=O) groups excluding carboxylic acids is 1. The van der Waals surface area contributed by atoms with Crippen LogP contribution in [0.25, 0.3) is 0 Å². The Morgan fingerprint density at radius 2 is 1.80 bits per heavy atom. The number of aliphatic imine (C=N–C) groups is 1. The average molecular weight is 443 g/mol. The molecule has 7 heteroatoms. The van der Waals surface area contributed by atoms with Gasteiger partial charge in [0, 0.05) is 16.9 Å². The third kappa shape index (κ3) is 5.99. The molecule has 5 nitrogen and oxygen atoms in total. The summed E-state index contributed by atoms with van der Waals surface area (Å²) >= 11 is 12.3. The first-order valence-electron chi connectivity index (χ1n) is 9.11. The Morgan fingerprint density at radius 1 is 1.03 bits per heavy atom. The van der Waals surface area contributed by atoms with E-state index in [0.29, 0.717) is 21.5 Å². The van der Waals surface area contributed by atoms with E-state index in [9.17, 15) is 4.79 Å². The van der Waals surface area contributed by atoms with Crippen LogP contribution in [0.2, 0.25) is 10.0 Å². The van der Waals surface area contributed by atoms with E-state index in [2.05, 4.69) is 10.3 Å². The maximum absolute atomic E-state index is 12.1. The van der Waals surface area contributed by atoms with Gasteiger partial charge in [0.05, 0.1) is 17.8 Å². The fourth-order valence-corrected chi connectivity index (χ4v) is 2.97. The highest BCUT2D eigenvalue weighted by atomic mass is 35.5. The number of benzene rings is 3. The van der Waals surface area contributed by atoms with Crippen molar-refractivity contribution < 1.29 is 14.3 Å². The van der Waals surface area contributed by atoms with Gasteiger partial charge in [0.1, 0.15) is 11.5 Å². The van der Waals surface area contributed by atoms with Gasteiger partial charge in [-0.25, -0.2) is 0 Å². The molecule has 0 spiro atoms. The lowest BCUT2D eigenvalue weighted by Crippen LogP contribution is -2.20. The molecular formula is C23H20Cl2N2O3. The Bertz CT molecular complexity index is 1070. The van der Waals surface area contributed by atoms with Crippen LogP contribution in [-0.4, -0.2) is 25.8 Å². The predicted molar refractivity (Wildman–Crippen MR) is 122 cm³/mol. The third-order valence-corrected chi connectivity index (χ3v) is 4.91. The van der Waals surface area contributed by atoms with Crippen molar-refractivity contribution in [2.75, 3.05) is 19.0 Å². The number of anilines is 1. The van der Waals surface area contributed by atoms with Gasteiger partial charge in [-0.1, -0.05) is 29.3 Å². The second-order valence-electron chi connectivity index (χ2n) is 6.45. The van der Waals surface area contributed by atoms with E-state index >= 15 is 0 Å². The number of hydrogen-bond acceptors (Lipinski definition) is 4. The summed E-state index contributed by atoms with van der Waals surface area (Å²) in [5, 5.41) is 3.71. The first-order chi connectivity index (χ1) is 14.4. The fraction of sp³-hybridized carbons (Fsp3) is 0.130. The van der Waals surface area contributed by atoms with Crippen LogP contribution in [0.15, 0.2) is 65.7 Å². The quantitative estimate of drug-likeness (QED) is 0.451. The van der Waals surface area contributed by atoms with Crippen molar-refractivity contribution in [2.45, 2.75) is 6.92 Å². The van der Waals surface area contributed by atoms with Crippen LogP contribution in [0.4, 0.5) is 11.4 Å². The number of aryl methyl sites for hydroxylation is 1. The maximum Gasteiger partial charge on any atom is 0.262 e. The van der Waals surface area contributed by atoms with Gasteiger partial charge in [0.15, 0.2) is 6.61 Å². The topological polar surface area (TPSA) is 59.9 Å². The van der Waals surface area contributed by atoms with Crippen LogP contribution >= 0.6 is 23.2 Å². The van der Waals surface area contributed by atoms with Crippen molar-refractivity contribution >= 4 is 46.7 Å². The Balaban J connectivity index is 1.57. The normalized spacial score (nSPS) is 10.8. The van der Waals surface area contributed by atoms with E-state index in [1.54, 1.807) is 37.6 Å². The summed E-state index contributed by atoms with van der Waals surface area (Å²) in [5.74, 6) is 0.875. The molecule has 3 rings (SSSR count). The van der Waals surface area contributed by atoms with Gasteiger partial charge in [-0.3, -0.25) is 9.79 Å². The van der Waals surface area contributed by atoms with E-state index in [0.717, 1.165) is 22.6 Å². The smallest absolute Gasteiger partial charge is 0.262 e. The SMILES string of the molecule is COc1ccc(N=Cc2ccc(OCC(=O)Nc3ccc(C)c(Cl)c3)c(Cl)c2)cc1. The number of nitrogens with zero attached hydrogens (tertiary/aromatic N) is 1. The molecule has 0 aromatic heterocycles. The van der Waals surface area contributed by atoms with Crippen molar-refractivity contribution in [3.05, 3.63) is 81.8 Å². The molecular weight excluding hydrogens is 423 g/mol. The van der Waals surface area contributed by atoms with E-state index < -0.39 is 0 Å². The number of rotatable bonds is 7. The second-order valence-corrected chi connectivity index (χ2v) is 7.26. The largest absolute Gasteiger partial charge is 0.497 e. The van der Waals surface area contributed by atoms with Crippen molar-refractivity contribution in [3.8, 4) is 11.5 Å². The lowest BCUT2D eigenvalue weighted by molar-refractivity contribution is -0.118. The van der Waals surface area contributed by atoms with Crippen molar-refractivity contribution in [1.82, 2.24) is 0 Å². The summed E-state index contributed by atoms with van der Waals surface area (Å²) in [6.45, 7) is 1.72. The van der Waals surface area contributed by atoms with Crippen molar-refractivity contribution in [1.29, 1.82) is 0 Å². The summed E-state index contributed by atoms with van der Waals surface area (Å²) < 4.78 is 10.7. The zero-order valence-electron chi connectivity index (χ0n) is 16.5. The highest BCUT2D eigenvalue weighted by Gasteiger charge is 2.08. The number of carbonyl (C=O) groups is 1. The van der Waals surface area contributed by atoms with Gasteiger partial charge in [-0.05, 0) is 72.6 Å². The first kappa shape index (κ1) is 21.7. The zero-order valence-corrected chi connectivity index (χ0v) is 18.0. The molecule has 0 fully saturated rings. The van der Waals surface area contributed by atoms with Gasteiger partial charge < -0.3 is 14.8 Å². The number of nitrogens with one attached hydrogen (secondary N) is 1. The molecule has 0 aliphatic rings. The molecule has 3 aromatic carbocycles. The molecule has 0 saturated carbocycles. The van der Waals surface area contributed by atoms with Crippen molar-refractivity contribution in [2.24, 2.45) is 4.99 Å². The molecule has 0 atom stereocenters. The lowest BCUT2D eigenvalue weighted by Gasteiger charge is -2.10. The molecule has 1 amide bonds. The standard InChI is InChI=1S/C23H20Cl2N2O3/c1-15-3-5-18(12-20(15)24)27-23(28)14-30-22-10-4-16(11-21(22)25)13-26-17-6-8-19(29-2)9-7-17/h3-13H,14H2,1-2H3,(H,27,28). The predicted octanol–water partition coefficient (Wildman–Crippen LogP) is 6.08. The van der Waals surface area contributed by atoms with Crippen LogP contribution in [0, 0.1) is 6.92 Å². The minimum absolute atomic E-state index is 0.176. The number of hydrogen-bond donors (Lipinski definition) is 1. The Kier molecular flexibility index (Phi) is 7.33. The van der Waals surface area contributed by atoms with Crippen LogP contribution in [0.3, 0.4) is 0 Å². The van der Waals surface area contributed by atoms with Crippen LogP contribution in [0.5, 0.6) is 11.5 Å². The number of ether oxygens (including phenoxy) is 2. The van der Waals surface area contributed by atoms with Gasteiger partial charge in [0.2, 0.25) is 0 Å². The minimum atomic E-state index is -0.309. The molecule has 154 valence electrons. The summed E-state index contributed by atoms with van der Waals surface area (Å²) in [5.41, 5.74) is 3.14. The highest BCUT2D eigenvalue weighted by Crippen LogP contribution is 2.26. The zero-order chi connectivity index (χ0) is 21.5. The highest BCUT2D eigenvalue weighted by molar-refractivity contribution is 6.32. The van der Waals surface area contributed by atoms with Crippen LogP contribution in [0.1, 0.15) is 11.1 Å². The van der Waals surface area contributed by atoms with Gasteiger partial charge in [0.25, 0.3) is 5.91 Å². The minimum Gasteiger partial charge on any atom is -0.497 e. The maximum atomic E-state index is 12.1. The van der Waals surface area contributed by atoms with E-state index in [-0.39, 0.29) is 12.5 Å². The van der Waals surface area contributed by atoms with Crippen LogP contribution in [-0.2, 0) is 4.79 Å². The summed E-state index contributed by atoms with van der Waals surface area (Å²) in [6, 6.07) is 17.9.